The van der Waals surface area contributed by atoms with E-state index in [1.54, 1.807) is 29.9 Å². The van der Waals surface area contributed by atoms with Gasteiger partial charge in [-0.2, -0.15) is 4.98 Å². The number of thioether (sulfide) groups is 1. The average Bonchev–Trinajstić information content (AvgIpc) is 3.04. The number of aryl methyl sites for hydroxylation is 2. The number of fused-ring (bicyclic) bond motifs is 1. The van der Waals surface area contributed by atoms with Crippen molar-refractivity contribution in [2.45, 2.75) is 57.4 Å². The molecule has 3 aromatic heterocycles. The van der Waals surface area contributed by atoms with E-state index in [1.165, 1.54) is 17.3 Å². The van der Waals surface area contributed by atoms with Crippen molar-refractivity contribution in [2.75, 3.05) is 5.32 Å². The summed E-state index contributed by atoms with van der Waals surface area (Å²) in [6, 6.07) is 1.69. The molecule has 0 aliphatic carbocycles. The molecular formula is C18H23N7OS. The highest BCUT2D eigenvalue weighted by molar-refractivity contribution is 8.00. The van der Waals surface area contributed by atoms with Crippen LogP contribution in [0.4, 0.5) is 5.95 Å². The lowest BCUT2D eigenvalue weighted by atomic mass is 10.1. The second-order valence-electron chi connectivity index (χ2n) is 6.29. The van der Waals surface area contributed by atoms with E-state index in [4.69, 9.17) is 0 Å². The summed E-state index contributed by atoms with van der Waals surface area (Å²) >= 11 is 1.28. The van der Waals surface area contributed by atoms with Crippen molar-refractivity contribution < 1.29 is 4.79 Å². The molecule has 0 saturated carbocycles. The fourth-order valence-electron chi connectivity index (χ4n) is 2.74. The van der Waals surface area contributed by atoms with Crippen LogP contribution >= 0.6 is 11.8 Å². The van der Waals surface area contributed by atoms with Crippen molar-refractivity contribution in [3.8, 4) is 0 Å². The highest BCUT2D eigenvalue weighted by Crippen LogP contribution is 2.23. The topological polar surface area (TPSA) is 98.0 Å². The van der Waals surface area contributed by atoms with Gasteiger partial charge in [0.15, 0.2) is 0 Å². The molecule has 8 nitrogen and oxygen atoms in total. The van der Waals surface area contributed by atoms with Gasteiger partial charge >= 0.3 is 0 Å². The minimum atomic E-state index is -0.396. The average molecular weight is 385 g/mol. The first kappa shape index (κ1) is 19.2. The standard InChI is InChI=1S/C18H23N7OS/c1-5-6-8-14-11(2)21-17-23-18(24-25(17)12(14)3)27-13(4)15(26)22-16-19-9-7-10-20-16/h7,9-10,13H,5-6,8H2,1-4H3,(H,19,20,22,26). The first-order valence-corrected chi connectivity index (χ1v) is 9.85. The van der Waals surface area contributed by atoms with Crippen LogP contribution in [-0.4, -0.2) is 40.7 Å². The number of amides is 1. The molecule has 3 aromatic rings. The molecule has 0 aliphatic rings. The first-order valence-electron chi connectivity index (χ1n) is 8.97. The summed E-state index contributed by atoms with van der Waals surface area (Å²) in [6.45, 7) is 8.02. The van der Waals surface area contributed by atoms with Crippen molar-refractivity contribution in [3.63, 3.8) is 0 Å². The van der Waals surface area contributed by atoms with Gasteiger partial charge in [-0.25, -0.2) is 19.5 Å². The lowest BCUT2D eigenvalue weighted by Gasteiger charge is -2.09. The van der Waals surface area contributed by atoms with Gasteiger partial charge in [0, 0.05) is 23.8 Å². The largest absolute Gasteiger partial charge is 0.294 e. The fraction of sp³-hybridized carbons (Fsp3) is 0.444. The number of hydrogen-bond donors (Lipinski definition) is 1. The minimum Gasteiger partial charge on any atom is -0.294 e. The third-order valence-corrected chi connectivity index (χ3v) is 5.21. The van der Waals surface area contributed by atoms with Crippen LogP contribution in [0.3, 0.4) is 0 Å². The normalized spacial score (nSPS) is 12.3. The molecule has 0 bridgehead atoms. The van der Waals surface area contributed by atoms with E-state index in [9.17, 15) is 4.79 Å². The van der Waals surface area contributed by atoms with Crippen molar-refractivity contribution in [3.05, 3.63) is 35.4 Å². The molecule has 0 fully saturated rings. The van der Waals surface area contributed by atoms with Crippen molar-refractivity contribution in [2.24, 2.45) is 0 Å². The van der Waals surface area contributed by atoms with Crippen LogP contribution in [-0.2, 0) is 11.2 Å². The Kier molecular flexibility index (Phi) is 6.00. The highest BCUT2D eigenvalue weighted by Gasteiger charge is 2.20. The molecule has 9 heteroatoms. The monoisotopic (exact) mass is 385 g/mol. The number of carbonyl (C=O) groups excluding carboxylic acids is 1. The zero-order valence-corrected chi connectivity index (χ0v) is 16.7. The van der Waals surface area contributed by atoms with E-state index in [1.807, 2.05) is 13.8 Å². The van der Waals surface area contributed by atoms with Crippen LogP contribution in [0, 0.1) is 13.8 Å². The van der Waals surface area contributed by atoms with E-state index in [0.29, 0.717) is 10.9 Å². The molecule has 0 radical (unpaired) electrons. The zero-order chi connectivity index (χ0) is 19.4. The molecule has 1 atom stereocenters. The summed E-state index contributed by atoms with van der Waals surface area (Å²) in [7, 11) is 0. The number of carbonyl (C=O) groups is 1. The first-order chi connectivity index (χ1) is 13.0. The van der Waals surface area contributed by atoms with Crippen molar-refractivity contribution in [1.82, 2.24) is 29.5 Å². The molecule has 3 rings (SSSR count). The molecule has 0 spiro atoms. The maximum Gasteiger partial charge on any atom is 0.253 e. The lowest BCUT2D eigenvalue weighted by Crippen LogP contribution is -2.23. The number of aromatic nitrogens is 6. The predicted octanol–water partition coefficient (Wildman–Crippen LogP) is 2.99. The summed E-state index contributed by atoms with van der Waals surface area (Å²) in [5.41, 5.74) is 3.27. The quantitative estimate of drug-likeness (QED) is 0.624. The van der Waals surface area contributed by atoms with Gasteiger partial charge in [-0.15, -0.1) is 5.10 Å². The second kappa shape index (κ2) is 8.43. The molecule has 1 N–H and O–H groups in total. The summed E-state index contributed by atoms with van der Waals surface area (Å²) in [5, 5.41) is 7.36. The van der Waals surface area contributed by atoms with Crippen molar-refractivity contribution >= 4 is 29.4 Å². The summed E-state index contributed by atoms with van der Waals surface area (Å²) < 4.78 is 1.77. The fourth-order valence-corrected chi connectivity index (χ4v) is 3.49. The van der Waals surface area contributed by atoms with Gasteiger partial charge in [-0.3, -0.25) is 10.1 Å². The van der Waals surface area contributed by atoms with Crippen LogP contribution in [0.2, 0.25) is 0 Å². The third kappa shape index (κ3) is 4.41. The Labute approximate surface area is 162 Å². The third-order valence-electron chi connectivity index (χ3n) is 4.26. The molecule has 27 heavy (non-hydrogen) atoms. The maximum absolute atomic E-state index is 12.3. The summed E-state index contributed by atoms with van der Waals surface area (Å²) in [6.07, 6.45) is 6.39. The molecular weight excluding hydrogens is 362 g/mol. The molecule has 0 saturated heterocycles. The highest BCUT2D eigenvalue weighted by atomic mass is 32.2. The number of nitrogens with one attached hydrogen (secondary N) is 1. The van der Waals surface area contributed by atoms with Gasteiger partial charge in [0.1, 0.15) is 0 Å². The summed E-state index contributed by atoms with van der Waals surface area (Å²) in [4.78, 5) is 29.4. The minimum absolute atomic E-state index is 0.199. The van der Waals surface area contributed by atoms with Gasteiger partial charge in [0.2, 0.25) is 17.0 Å². The number of anilines is 1. The number of nitrogens with zero attached hydrogens (tertiary/aromatic N) is 6. The summed E-state index contributed by atoms with van der Waals surface area (Å²) in [5.74, 6) is 0.646. The van der Waals surface area contributed by atoms with Crippen LogP contribution in [0.15, 0.2) is 23.6 Å². The molecule has 1 amide bonds. The molecule has 0 aromatic carbocycles. The predicted molar refractivity (Wildman–Crippen MR) is 105 cm³/mol. The van der Waals surface area contributed by atoms with Gasteiger partial charge in [-0.1, -0.05) is 25.1 Å². The van der Waals surface area contributed by atoms with Crippen LogP contribution in [0.5, 0.6) is 0 Å². The number of unbranched alkanes of at least 4 members (excludes halogenated alkanes) is 1. The Balaban J connectivity index is 1.77. The van der Waals surface area contributed by atoms with Crippen LogP contribution in [0.25, 0.3) is 5.78 Å². The number of rotatable bonds is 7. The Hall–Kier alpha value is -2.55. The lowest BCUT2D eigenvalue weighted by molar-refractivity contribution is -0.115. The van der Waals surface area contributed by atoms with E-state index in [0.717, 1.165) is 30.7 Å². The van der Waals surface area contributed by atoms with Gasteiger partial charge in [0.05, 0.1) is 5.25 Å². The van der Waals surface area contributed by atoms with Crippen LogP contribution < -0.4 is 5.32 Å². The number of hydrogen-bond acceptors (Lipinski definition) is 7. The van der Waals surface area contributed by atoms with E-state index in [-0.39, 0.29) is 11.9 Å². The van der Waals surface area contributed by atoms with E-state index < -0.39 is 5.25 Å². The SMILES string of the molecule is CCCCc1c(C)nc2nc(SC(C)C(=O)Nc3ncccn3)nn2c1C. The molecule has 0 aliphatic heterocycles. The van der Waals surface area contributed by atoms with E-state index in [2.05, 4.69) is 37.3 Å². The second-order valence-corrected chi connectivity index (χ2v) is 7.60. The zero-order valence-electron chi connectivity index (χ0n) is 15.9. The molecule has 1 unspecified atom stereocenters. The Morgan fingerprint density at radius 1 is 1.26 bits per heavy atom. The smallest absolute Gasteiger partial charge is 0.253 e. The Bertz CT molecular complexity index is 942. The maximum atomic E-state index is 12.3. The van der Waals surface area contributed by atoms with Gasteiger partial charge in [-0.05, 0) is 45.2 Å². The van der Waals surface area contributed by atoms with Crippen molar-refractivity contribution in [1.29, 1.82) is 0 Å². The van der Waals surface area contributed by atoms with E-state index >= 15 is 0 Å². The Morgan fingerprint density at radius 3 is 2.70 bits per heavy atom. The van der Waals surface area contributed by atoms with Gasteiger partial charge < -0.3 is 0 Å². The van der Waals surface area contributed by atoms with Crippen LogP contribution in [0.1, 0.15) is 43.6 Å². The molecule has 3 heterocycles. The molecule has 142 valence electrons. The Morgan fingerprint density at radius 2 is 2.00 bits per heavy atom. The van der Waals surface area contributed by atoms with Gasteiger partial charge in [0.25, 0.3) is 5.78 Å².